The lowest BCUT2D eigenvalue weighted by molar-refractivity contribution is -0.133. The second-order valence-electron chi connectivity index (χ2n) is 6.50. The highest BCUT2D eigenvalue weighted by Gasteiger charge is 2.40. The molecule has 2 aliphatic rings. The molecule has 1 aromatic rings. The number of para-hydroxylation sites is 1. The number of rotatable bonds is 4. The maximum absolute atomic E-state index is 13.2. The van der Waals surface area contributed by atoms with Crippen LogP contribution in [-0.2, 0) is 9.59 Å². The third-order valence-electron chi connectivity index (χ3n) is 5.02. The van der Waals surface area contributed by atoms with Crippen molar-refractivity contribution in [3.8, 4) is 0 Å². The SMILES string of the molecule is C/C=C/C1=CC(=C2C(=O)N(CC)C(=S)N(CC)C2=O)c2ccccc2N1CC. The summed E-state index contributed by atoms with van der Waals surface area (Å²) in [6.45, 7) is 9.40. The molecule has 2 amide bonds. The fraction of sp³-hybridized carbons (Fsp3) is 0.318. The summed E-state index contributed by atoms with van der Waals surface area (Å²) in [5, 5.41) is 0.279. The lowest BCUT2D eigenvalue weighted by Gasteiger charge is -2.38. The van der Waals surface area contributed by atoms with Crippen molar-refractivity contribution in [2.45, 2.75) is 27.7 Å². The molecular formula is C22H25N3O2S. The van der Waals surface area contributed by atoms with Gasteiger partial charge in [-0.25, -0.2) is 0 Å². The molecule has 0 atom stereocenters. The van der Waals surface area contributed by atoms with Crippen molar-refractivity contribution in [3.63, 3.8) is 0 Å². The minimum absolute atomic E-state index is 0.183. The number of benzene rings is 1. The maximum atomic E-state index is 13.2. The zero-order chi connectivity index (χ0) is 20.4. The van der Waals surface area contributed by atoms with Crippen LogP contribution in [0.3, 0.4) is 0 Å². The van der Waals surface area contributed by atoms with Crippen LogP contribution in [0.4, 0.5) is 5.69 Å². The predicted octanol–water partition coefficient (Wildman–Crippen LogP) is 3.74. The van der Waals surface area contributed by atoms with Crippen LogP contribution in [-0.4, -0.2) is 46.4 Å². The fourth-order valence-corrected chi connectivity index (χ4v) is 4.14. The Balaban J connectivity index is 2.32. The van der Waals surface area contributed by atoms with E-state index >= 15 is 0 Å². The molecule has 1 aromatic carbocycles. The Bertz CT molecular complexity index is 901. The summed E-state index contributed by atoms with van der Waals surface area (Å²) in [4.78, 5) is 31.7. The first-order chi connectivity index (χ1) is 13.5. The van der Waals surface area contributed by atoms with E-state index in [-0.39, 0.29) is 22.5 Å². The number of allylic oxidation sites excluding steroid dienone is 4. The Morgan fingerprint density at radius 3 is 2.04 bits per heavy atom. The average molecular weight is 396 g/mol. The molecule has 6 heteroatoms. The van der Waals surface area contributed by atoms with E-state index in [4.69, 9.17) is 12.2 Å². The summed E-state index contributed by atoms with van der Waals surface area (Å²) < 4.78 is 0. The number of fused-ring (bicyclic) bond motifs is 1. The first-order valence-electron chi connectivity index (χ1n) is 9.63. The zero-order valence-electron chi connectivity index (χ0n) is 16.7. The third kappa shape index (κ3) is 3.07. The molecular weight excluding hydrogens is 370 g/mol. The highest BCUT2D eigenvalue weighted by atomic mass is 32.1. The molecule has 0 bridgehead atoms. The Morgan fingerprint density at radius 2 is 1.50 bits per heavy atom. The summed E-state index contributed by atoms with van der Waals surface area (Å²) in [5.41, 5.74) is 3.66. The van der Waals surface area contributed by atoms with E-state index in [9.17, 15) is 9.59 Å². The smallest absolute Gasteiger partial charge is 0.266 e. The summed E-state index contributed by atoms with van der Waals surface area (Å²) in [6.07, 6.45) is 5.89. The van der Waals surface area contributed by atoms with Crippen LogP contribution in [0.1, 0.15) is 33.3 Å². The molecule has 0 radical (unpaired) electrons. The number of anilines is 1. The van der Waals surface area contributed by atoms with Gasteiger partial charge in [-0.2, -0.15) is 0 Å². The van der Waals surface area contributed by atoms with Gasteiger partial charge in [0.25, 0.3) is 11.8 Å². The van der Waals surface area contributed by atoms with Gasteiger partial charge in [-0.05, 0) is 58.1 Å². The van der Waals surface area contributed by atoms with Gasteiger partial charge in [-0.15, -0.1) is 0 Å². The second kappa shape index (κ2) is 8.10. The van der Waals surface area contributed by atoms with Crippen LogP contribution < -0.4 is 4.90 Å². The molecule has 0 aromatic heterocycles. The quantitative estimate of drug-likeness (QED) is 0.443. The second-order valence-corrected chi connectivity index (χ2v) is 6.87. The molecule has 0 N–H and O–H groups in total. The largest absolute Gasteiger partial charge is 0.341 e. The van der Waals surface area contributed by atoms with Crippen LogP contribution in [0, 0.1) is 0 Å². The number of nitrogens with zero attached hydrogens (tertiary/aromatic N) is 3. The summed E-state index contributed by atoms with van der Waals surface area (Å²) in [5.74, 6) is -0.652. The number of amides is 2. The highest BCUT2D eigenvalue weighted by Crippen LogP contribution is 2.39. The molecule has 28 heavy (non-hydrogen) atoms. The van der Waals surface area contributed by atoms with Gasteiger partial charge >= 0.3 is 0 Å². The molecule has 1 fully saturated rings. The van der Waals surface area contributed by atoms with Gasteiger partial charge in [0.15, 0.2) is 5.11 Å². The zero-order valence-corrected chi connectivity index (χ0v) is 17.5. The van der Waals surface area contributed by atoms with E-state index in [0.29, 0.717) is 18.7 Å². The van der Waals surface area contributed by atoms with Crippen LogP contribution in [0.15, 0.2) is 53.8 Å². The minimum atomic E-state index is -0.326. The normalized spacial score (nSPS) is 17.6. The van der Waals surface area contributed by atoms with Crippen LogP contribution in [0.5, 0.6) is 0 Å². The van der Waals surface area contributed by atoms with E-state index in [1.165, 1.54) is 9.80 Å². The van der Waals surface area contributed by atoms with Crippen LogP contribution in [0.25, 0.3) is 5.57 Å². The molecule has 3 rings (SSSR count). The summed E-state index contributed by atoms with van der Waals surface area (Å²) in [6, 6.07) is 7.88. The van der Waals surface area contributed by atoms with E-state index in [1.54, 1.807) is 0 Å². The molecule has 5 nitrogen and oxygen atoms in total. The van der Waals surface area contributed by atoms with Gasteiger partial charge in [0.05, 0.1) is 0 Å². The Morgan fingerprint density at radius 1 is 0.929 bits per heavy atom. The molecule has 0 aliphatic carbocycles. The van der Waals surface area contributed by atoms with Gasteiger partial charge in [0, 0.05) is 42.2 Å². The first kappa shape index (κ1) is 20.0. The number of thiocarbonyl (C=S) groups is 1. The highest BCUT2D eigenvalue weighted by molar-refractivity contribution is 7.80. The van der Waals surface area contributed by atoms with Gasteiger partial charge in [0.1, 0.15) is 5.57 Å². The van der Waals surface area contributed by atoms with Crippen LogP contribution >= 0.6 is 12.2 Å². The molecule has 2 heterocycles. The molecule has 1 saturated heterocycles. The number of likely N-dealkylation sites (N-methyl/N-ethyl adjacent to an activating group) is 3. The molecule has 0 unspecified atom stereocenters. The lowest BCUT2D eigenvalue weighted by Crippen LogP contribution is -2.56. The average Bonchev–Trinajstić information content (AvgIpc) is 2.69. The minimum Gasteiger partial charge on any atom is -0.341 e. The number of carbonyl (C=O) groups is 2. The topological polar surface area (TPSA) is 43.9 Å². The Labute approximate surface area is 171 Å². The Hall–Kier alpha value is -2.73. The van der Waals surface area contributed by atoms with Crippen molar-refractivity contribution < 1.29 is 9.59 Å². The number of hydrogen-bond acceptors (Lipinski definition) is 4. The van der Waals surface area contributed by atoms with Crippen molar-refractivity contribution in [1.29, 1.82) is 0 Å². The molecule has 0 spiro atoms. The first-order valence-corrected chi connectivity index (χ1v) is 10.0. The van der Waals surface area contributed by atoms with Crippen molar-refractivity contribution in [2.75, 3.05) is 24.5 Å². The summed E-state index contributed by atoms with van der Waals surface area (Å²) in [7, 11) is 0. The summed E-state index contributed by atoms with van der Waals surface area (Å²) >= 11 is 5.39. The van der Waals surface area contributed by atoms with Crippen molar-refractivity contribution in [2.24, 2.45) is 0 Å². The van der Waals surface area contributed by atoms with Gasteiger partial charge in [0.2, 0.25) is 0 Å². The number of carbonyl (C=O) groups excluding carboxylic acids is 2. The third-order valence-corrected chi connectivity index (χ3v) is 5.46. The Kier molecular flexibility index (Phi) is 5.79. The van der Waals surface area contributed by atoms with Gasteiger partial charge in [-0.3, -0.25) is 19.4 Å². The fourth-order valence-electron chi connectivity index (χ4n) is 3.72. The molecule has 146 valence electrons. The lowest BCUT2D eigenvalue weighted by atomic mass is 9.91. The van der Waals surface area contributed by atoms with E-state index in [1.807, 2.05) is 63.3 Å². The van der Waals surface area contributed by atoms with E-state index in [2.05, 4.69) is 11.8 Å². The van der Waals surface area contributed by atoms with Gasteiger partial charge in [-0.1, -0.05) is 24.3 Å². The van der Waals surface area contributed by atoms with Crippen molar-refractivity contribution in [3.05, 3.63) is 59.3 Å². The monoisotopic (exact) mass is 395 g/mol. The van der Waals surface area contributed by atoms with Crippen molar-refractivity contribution in [1.82, 2.24) is 9.80 Å². The van der Waals surface area contributed by atoms with E-state index in [0.717, 1.165) is 23.5 Å². The standard InChI is InChI=1S/C22H25N3O2S/c1-5-11-15-14-17(16-12-9-10-13-18(16)23(15)6-2)19-20(26)24(7-3)22(28)25(8-4)21(19)27/h5,9-14H,6-8H2,1-4H3/b11-5+. The predicted molar refractivity (Wildman–Crippen MR) is 117 cm³/mol. The number of hydrogen-bond donors (Lipinski definition) is 0. The van der Waals surface area contributed by atoms with Gasteiger partial charge < -0.3 is 4.90 Å². The van der Waals surface area contributed by atoms with E-state index < -0.39 is 0 Å². The molecule has 2 aliphatic heterocycles. The van der Waals surface area contributed by atoms with Crippen molar-refractivity contribution >= 4 is 40.4 Å². The van der Waals surface area contributed by atoms with Crippen LogP contribution in [0.2, 0.25) is 0 Å². The maximum Gasteiger partial charge on any atom is 0.266 e. The molecule has 0 saturated carbocycles.